The number of likely N-dealkylation sites (tertiary alicyclic amines) is 2. The van der Waals surface area contributed by atoms with Gasteiger partial charge in [-0.2, -0.15) is 0 Å². The average molecular weight is 450 g/mol. The van der Waals surface area contributed by atoms with Gasteiger partial charge in [-0.3, -0.25) is 0 Å². The summed E-state index contributed by atoms with van der Waals surface area (Å²) in [7, 11) is 0. The van der Waals surface area contributed by atoms with Crippen LogP contribution < -0.4 is 5.32 Å². The maximum absolute atomic E-state index is 12.4. The first-order chi connectivity index (χ1) is 16.1. The molecule has 33 heavy (non-hydrogen) atoms. The molecule has 1 spiro atoms. The standard InChI is InChI=1S/C27H35N3O3/c31-25(18-29-16-12-27(13-17-29)20-28-24-9-5-4-8-23(24)27)22-10-14-30(15-11-22)26(32)33-19-21-6-2-1-3-7-21/h1-9,22,25,28,31H,10-20H2. The third kappa shape index (κ3) is 4.87. The van der Waals surface area contributed by atoms with Gasteiger partial charge in [-0.25, -0.2) is 4.79 Å². The number of piperidine rings is 2. The smallest absolute Gasteiger partial charge is 0.410 e. The van der Waals surface area contributed by atoms with Gasteiger partial charge in [-0.15, -0.1) is 0 Å². The molecule has 2 aromatic rings. The second kappa shape index (κ2) is 9.74. The van der Waals surface area contributed by atoms with E-state index in [4.69, 9.17) is 4.74 Å². The van der Waals surface area contributed by atoms with E-state index in [-0.39, 0.29) is 23.5 Å². The summed E-state index contributed by atoms with van der Waals surface area (Å²) in [5.74, 6) is 0.243. The van der Waals surface area contributed by atoms with Crippen molar-refractivity contribution in [2.45, 2.75) is 43.8 Å². The molecule has 1 unspecified atom stereocenters. The fraction of sp³-hybridized carbons (Fsp3) is 0.519. The predicted octanol–water partition coefficient (Wildman–Crippen LogP) is 3.86. The highest BCUT2D eigenvalue weighted by atomic mass is 16.6. The molecular formula is C27H35N3O3. The van der Waals surface area contributed by atoms with Crippen LogP contribution >= 0.6 is 0 Å². The molecular weight excluding hydrogens is 414 g/mol. The molecule has 3 aliphatic rings. The minimum absolute atomic E-state index is 0.243. The molecule has 0 aliphatic carbocycles. The van der Waals surface area contributed by atoms with E-state index in [9.17, 15) is 9.90 Å². The number of carbonyl (C=O) groups is 1. The molecule has 5 rings (SSSR count). The molecule has 0 saturated carbocycles. The number of nitrogens with zero attached hydrogens (tertiary/aromatic N) is 2. The number of benzene rings is 2. The summed E-state index contributed by atoms with van der Waals surface area (Å²) in [5, 5.41) is 14.5. The van der Waals surface area contributed by atoms with Crippen LogP contribution in [0, 0.1) is 5.92 Å². The van der Waals surface area contributed by atoms with Gasteiger partial charge in [0.1, 0.15) is 6.61 Å². The molecule has 6 nitrogen and oxygen atoms in total. The van der Waals surface area contributed by atoms with Crippen molar-refractivity contribution >= 4 is 11.8 Å². The maximum Gasteiger partial charge on any atom is 0.410 e. The van der Waals surface area contributed by atoms with Crippen LogP contribution in [-0.2, 0) is 16.8 Å². The zero-order valence-corrected chi connectivity index (χ0v) is 19.3. The van der Waals surface area contributed by atoms with Crippen LogP contribution in [0.4, 0.5) is 10.5 Å². The summed E-state index contributed by atoms with van der Waals surface area (Å²) in [4.78, 5) is 16.6. The number of rotatable bonds is 5. The molecule has 6 heteroatoms. The van der Waals surface area contributed by atoms with Crippen molar-refractivity contribution in [3.8, 4) is 0 Å². The number of hydrogen-bond donors (Lipinski definition) is 2. The van der Waals surface area contributed by atoms with Crippen LogP contribution in [0.15, 0.2) is 54.6 Å². The molecule has 2 aromatic carbocycles. The molecule has 0 bridgehead atoms. The predicted molar refractivity (Wildman–Crippen MR) is 129 cm³/mol. The first-order valence-electron chi connectivity index (χ1n) is 12.3. The number of fused-ring (bicyclic) bond motifs is 2. The Balaban J connectivity index is 1.05. The van der Waals surface area contributed by atoms with Crippen molar-refractivity contribution in [1.29, 1.82) is 0 Å². The monoisotopic (exact) mass is 449 g/mol. The minimum Gasteiger partial charge on any atom is -0.445 e. The normalized spacial score (nSPS) is 21.4. The van der Waals surface area contributed by atoms with Gasteiger partial charge >= 0.3 is 6.09 Å². The second-order valence-electron chi connectivity index (χ2n) is 9.91. The highest BCUT2D eigenvalue weighted by Gasteiger charge is 2.41. The second-order valence-corrected chi connectivity index (χ2v) is 9.91. The number of carbonyl (C=O) groups excluding carboxylic acids is 1. The number of ether oxygens (including phenoxy) is 1. The van der Waals surface area contributed by atoms with Crippen molar-refractivity contribution in [1.82, 2.24) is 9.80 Å². The van der Waals surface area contributed by atoms with Crippen molar-refractivity contribution in [2.24, 2.45) is 5.92 Å². The van der Waals surface area contributed by atoms with E-state index >= 15 is 0 Å². The van der Waals surface area contributed by atoms with Gasteiger partial charge in [0.25, 0.3) is 0 Å². The molecule has 2 fully saturated rings. The Bertz CT molecular complexity index is 935. The Morgan fingerprint density at radius 2 is 1.73 bits per heavy atom. The Kier molecular flexibility index (Phi) is 6.56. The fourth-order valence-corrected chi connectivity index (χ4v) is 5.76. The highest BCUT2D eigenvalue weighted by Crippen LogP contribution is 2.43. The van der Waals surface area contributed by atoms with Gasteiger partial charge in [0, 0.05) is 37.3 Å². The van der Waals surface area contributed by atoms with E-state index in [1.54, 1.807) is 4.90 Å². The lowest BCUT2D eigenvalue weighted by Crippen LogP contribution is -2.48. The third-order valence-electron chi connectivity index (χ3n) is 7.92. The Hall–Kier alpha value is -2.57. The van der Waals surface area contributed by atoms with E-state index in [1.165, 1.54) is 11.3 Å². The molecule has 3 aliphatic heterocycles. The fourth-order valence-electron chi connectivity index (χ4n) is 5.76. The summed E-state index contributed by atoms with van der Waals surface area (Å²) in [6.07, 6.45) is 3.34. The van der Waals surface area contributed by atoms with Crippen LogP contribution in [0.25, 0.3) is 0 Å². The lowest BCUT2D eigenvalue weighted by molar-refractivity contribution is 0.0179. The number of amides is 1. The number of nitrogens with one attached hydrogen (secondary N) is 1. The summed E-state index contributed by atoms with van der Waals surface area (Å²) >= 11 is 0. The summed E-state index contributed by atoms with van der Waals surface area (Å²) in [6.45, 7) is 5.42. The molecule has 3 heterocycles. The van der Waals surface area contributed by atoms with Crippen LogP contribution in [0.5, 0.6) is 0 Å². The lowest BCUT2D eigenvalue weighted by atomic mass is 9.74. The van der Waals surface area contributed by atoms with Crippen molar-refractivity contribution in [2.75, 3.05) is 44.6 Å². The van der Waals surface area contributed by atoms with Gasteiger partial charge in [0.2, 0.25) is 0 Å². The number of aliphatic hydroxyl groups excluding tert-OH is 1. The van der Waals surface area contributed by atoms with E-state index in [1.807, 2.05) is 30.3 Å². The van der Waals surface area contributed by atoms with Crippen LogP contribution in [0.3, 0.4) is 0 Å². The SMILES string of the molecule is O=C(OCc1ccccc1)N1CCC(C(O)CN2CCC3(CC2)CNc2ccccc23)CC1. The molecule has 1 atom stereocenters. The van der Waals surface area contributed by atoms with Crippen molar-refractivity contribution < 1.29 is 14.6 Å². The Morgan fingerprint density at radius 3 is 2.48 bits per heavy atom. The molecule has 2 N–H and O–H groups in total. The van der Waals surface area contributed by atoms with E-state index in [0.717, 1.165) is 57.4 Å². The summed E-state index contributed by atoms with van der Waals surface area (Å²) < 4.78 is 5.47. The first-order valence-corrected chi connectivity index (χ1v) is 12.3. The number of hydrogen-bond acceptors (Lipinski definition) is 5. The zero-order chi connectivity index (χ0) is 22.7. The number of anilines is 1. The minimum atomic E-state index is -0.337. The number of aliphatic hydroxyl groups is 1. The highest BCUT2D eigenvalue weighted by molar-refractivity contribution is 5.67. The van der Waals surface area contributed by atoms with Gasteiger partial charge in [-0.1, -0.05) is 48.5 Å². The molecule has 176 valence electrons. The van der Waals surface area contributed by atoms with E-state index in [0.29, 0.717) is 19.7 Å². The van der Waals surface area contributed by atoms with Crippen LogP contribution in [0.1, 0.15) is 36.8 Å². The summed E-state index contributed by atoms with van der Waals surface area (Å²) in [6, 6.07) is 18.5. The topological polar surface area (TPSA) is 65.0 Å². The van der Waals surface area contributed by atoms with Gasteiger partial charge in [-0.05, 0) is 61.9 Å². The van der Waals surface area contributed by atoms with Crippen molar-refractivity contribution in [3.63, 3.8) is 0 Å². The van der Waals surface area contributed by atoms with Crippen LogP contribution in [0.2, 0.25) is 0 Å². The van der Waals surface area contributed by atoms with Crippen LogP contribution in [-0.4, -0.2) is 66.4 Å². The molecule has 0 aromatic heterocycles. The number of β-amino-alcohol motifs (C(OH)–C–C–N with tert-alkyl or cyclic N) is 1. The first kappa shape index (κ1) is 22.2. The third-order valence-corrected chi connectivity index (χ3v) is 7.92. The van der Waals surface area contributed by atoms with Crippen molar-refractivity contribution in [3.05, 3.63) is 65.7 Å². The molecule has 0 radical (unpaired) electrons. The lowest BCUT2D eigenvalue weighted by Gasteiger charge is -2.41. The average Bonchev–Trinajstić information content (AvgIpc) is 3.23. The number of para-hydroxylation sites is 1. The molecule has 1 amide bonds. The largest absolute Gasteiger partial charge is 0.445 e. The molecule has 2 saturated heterocycles. The van der Waals surface area contributed by atoms with E-state index in [2.05, 4.69) is 34.5 Å². The zero-order valence-electron chi connectivity index (χ0n) is 19.3. The van der Waals surface area contributed by atoms with Gasteiger partial charge in [0.05, 0.1) is 6.10 Å². The van der Waals surface area contributed by atoms with E-state index < -0.39 is 0 Å². The summed E-state index contributed by atoms with van der Waals surface area (Å²) in [5.41, 5.74) is 4.01. The quantitative estimate of drug-likeness (QED) is 0.726. The van der Waals surface area contributed by atoms with Gasteiger partial charge < -0.3 is 25.0 Å². The van der Waals surface area contributed by atoms with Gasteiger partial charge in [0.15, 0.2) is 0 Å². The maximum atomic E-state index is 12.4. The Morgan fingerprint density at radius 1 is 1.03 bits per heavy atom. The Labute approximate surface area is 196 Å².